The summed E-state index contributed by atoms with van der Waals surface area (Å²) in [4.78, 5) is 0. The fourth-order valence-corrected chi connectivity index (χ4v) is 1.01. The first-order valence-electron chi connectivity index (χ1n) is 3.88. The van der Waals surface area contributed by atoms with Crippen molar-refractivity contribution in [3.05, 3.63) is 29.3 Å². The van der Waals surface area contributed by atoms with Crippen LogP contribution in [-0.2, 0) is 6.61 Å². The highest BCUT2D eigenvalue weighted by Crippen LogP contribution is 2.27. The van der Waals surface area contributed by atoms with Crippen molar-refractivity contribution in [2.45, 2.75) is 19.9 Å². The number of halogens is 3. The molecule has 78 valence electrons. The number of benzene rings is 1. The SMILES string of the molecule is Cc1ccc(CO)c(OC(F)(F)F)c1. The van der Waals surface area contributed by atoms with Gasteiger partial charge in [0.1, 0.15) is 5.75 Å². The number of hydrogen-bond donors (Lipinski definition) is 1. The molecule has 5 heteroatoms. The van der Waals surface area contributed by atoms with Gasteiger partial charge in [-0.1, -0.05) is 12.1 Å². The van der Waals surface area contributed by atoms with Crippen LogP contribution >= 0.6 is 0 Å². The molecule has 0 radical (unpaired) electrons. The molecular weight excluding hydrogens is 197 g/mol. The monoisotopic (exact) mass is 206 g/mol. The van der Waals surface area contributed by atoms with Gasteiger partial charge in [-0.15, -0.1) is 13.2 Å². The van der Waals surface area contributed by atoms with Crippen LogP contribution in [-0.4, -0.2) is 11.5 Å². The summed E-state index contributed by atoms with van der Waals surface area (Å²) in [6.45, 7) is 1.16. The highest BCUT2D eigenvalue weighted by Gasteiger charge is 2.31. The van der Waals surface area contributed by atoms with Crippen LogP contribution in [0.15, 0.2) is 18.2 Å². The first-order chi connectivity index (χ1) is 6.42. The Morgan fingerprint density at radius 1 is 1.36 bits per heavy atom. The van der Waals surface area contributed by atoms with Crippen molar-refractivity contribution in [1.82, 2.24) is 0 Å². The van der Waals surface area contributed by atoms with Gasteiger partial charge in [0.05, 0.1) is 6.61 Å². The minimum atomic E-state index is -4.72. The molecule has 0 atom stereocenters. The van der Waals surface area contributed by atoms with Gasteiger partial charge in [-0.2, -0.15) is 0 Å². The van der Waals surface area contributed by atoms with Crippen LogP contribution in [0.5, 0.6) is 5.75 Å². The van der Waals surface area contributed by atoms with Gasteiger partial charge in [-0.3, -0.25) is 0 Å². The summed E-state index contributed by atoms with van der Waals surface area (Å²) in [5.41, 5.74) is 0.759. The summed E-state index contributed by atoms with van der Waals surface area (Å²) in [6, 6.07) is 4.24. The average Bonchev–Trinajstić information content (AvgIpc) is 2.01. The number of aliphatic hydroxyl groups excluding tert-OH is 1. The third-order valence-corrected chi connectivity index (χ3v) is 1.62. The summed E-state index contributed by atoms with van der Waals surface area (Å²) >= 11 is 0. The second kappa shape index (κ2) is 3.88. The maximum absolute atomic E-state index is 11.9. The molecule has 0 aliphatic rings. The summed E-state index contributed by atoms with van der Waals surface area (Å²) in [7, 11) is 0. The minimum Gasteiger partial charge on any atom is -0.405 e. The fraction of sp³-hybridized carbons (Fsp3) is 0.333. The lowest BCUT2D eigenvalue weighted by Crippen LogP contribution is -2.18. The van der Waals surface area contributed by atoms with Crippen molar-refractivity contribution < 1.29 is 23.0 Å². The molecule has 0 bridgehead atoms. The molecule has 0 saturated heterocycles. The van der Waals surface area contributed by atoms with Crippen LogP contribution in [0.3, 0.4) is 0 Å². The molecule has 0 heterocycles. The average molecular weight is 206 g/mol. The summed E-state index contributed by atoms with van der Waals surface area (Å²) in [6.07, 6.45) is -4.72. The van der Waals surface area contributed by atoms with E-state index >= 15 is 0 Å². The topological polar surface area (TPSA) is 29.5 Å². The molecule has 1 aromatic rings. The number of ether oxygens (including phenoxy) is 1. The first-order valence-corrected chi connectivity index (χ1v) is 3.88. The van der Waals surface area contributed by atoms with E-state index in [2.05, 4.69) is 4.74 Å². The Kier molecular flexibility index (Phi) is 3.00. The van der Waals surface area contributed by atoms with Crippen LogP contribution in [0.25, 0.3) is 0 Å². The Morgan fingerprint density at radius 2 is 2.00 bits per heavy atom. The molecule has 0 aromatic heterocycles. The van der Waals surface area contributed by atoms with Gasteiger partial charge in [0.25, 0.3) is 0 Å². The van der Waals surface area contributed by atoms with Gasteiger partial charge in [0, 0.05) is 5.56 Å². The third kappa shape index (κ3) is 2.92. The number of hydrogen-bond acceptors (Lipinski definition) is 2. The Bertz CT molecular complexity index is 320. The molecule has 1 aromatic carbocycles. The quantitative estimate of drug-likeness (QED) is 0.804. The normalized spacial score (nSPS) is 11.5. The van der Waals surface area contributed by atoms with E-state index in [1.165, 1.54) is 12.1 Å². The van der Waals surface area contributed by atoms with Crippen LogP contribution in [0.1, 0.15) is 11.1 Å². The molecule has 1 N–H and O–H groups in total. The summed E-state index contributed by atoms with van der Waals surface area (Å²) < 4.78 is 39.4. The maximum atomic E-state index is 11.9. The van der Waals surface area contributed by atoms with Crippen LogP contribution in [0.4, 0.5) is 13.2 Å². The van der Waals surface area contributed by atoms with Crippen molar-refractivity contribution in [3.8, 4) is 5.75 Å². The summed E-state index contributed by atoms with van der Waals surface area (Å²) in [5.74, 6) is -0.347. The van der Waals surface area contributed by atoms with Gasteiger partial charge >= 0.3 is 6.36 Å². The Morgan fingerprint density at radius 3 is 2.50 bits per heavy atom. The van der Waals surface area contributed by atoms with E-state index in [1.807, 2.05) is 0 Å². The molecule has 0 aliphatic heterocycles. The van der Waals surface area contributed by atoms with Crippen LogP contribution in [0, 0.1) is 6.92 Å². The van der Waals surface area contributed by atoms with Gasteiger partial charge < -0.3 is 9.84 Å². The van der Waals surface area contributed by atoms with E-state index in [0.717, 1.165) is 0 Å². The van der Waals surface area contributed by atoms with Crippen molar-refractivity contribution in [2.75, 3.05) is 0 Å². The Balaban J connectivity index is 2.99. The molecule has 0 fully saturated rings. The standard InChI is InChI=1S/C9H9F3O2/c1-6-2-3-7(5-13)8(4-6)14-9(10,11)12/h2-4,13H,5H2,1H3. The highest BCUT2D eigenvalue weighted by molar-refractivity contribution is 5.36. The van der Waals surface area contributed by atoms with Crippen molar-refractivity contribution in [1.29, 1.82) is 0 Å². The van der Waals surface area contributed by atoms with Crippen molar-refractivity contribution in [2.24, 2.45) is 0 Å². The molecular formula is C9H9F3O2. The third-order valence-electron chi connectivity index (χ3n) is 1.62. The predicted molar refractivity (Wildman–Crippen MR) is 43.8 cm³/mol. The first kappa shape index (κ1) is 10.8. The second-order valence-electron chi connectivity index (χ2n) is 2.82. The zero-order valence-electron chi connectivity index (χ0n) is 7.43. The second-order valence-corrected chi connectivity index (χ2v) is 2.82. The van der Waals surface area contributed by atoms with Crippen molar-refractivity contribution in [3.63, 3.8) is 0 Å². The minimum absolute atomic E-state index is 0.118. The number of aliphatic hydroxyl groups is 1. The maximum Gasteiger partial charge on any atom is 0.573 e. The van der Waals surface area contributed by atoms with Gasteiger partial charge in [0.15, 0.2) is 0 Å². The van der Waals surface area contributed by atoms with Gasteiger partial charge in [-0.05, 0) is 18.6 Å². The van der Waals surface area contributed by atoms with E-state index in [1.54, 1.807) is 13.0 Å². The molecule has 0 saturated carbocycles. The Hall–Kier alpha value is -1.23. The van der Waals surface area contributed by atoms with E-state index in [0.29, 0.717) is 5.56 Å². The molecule has 0 aliphatic carbocycles. The number of rotatable bonds is 2. The van der Waals surface area contributed by atoms with Crippen LogP contribution in [0.2, 0.25) is 0 Å². The fourth-order valence-electron chi connectivity index (χ4n) is 1.01. The van der Waals surface area contributed by atoms with Gasteiger partial charge in [-0.25, -0.2) is 0 Å². The zero-order chi connectivity index (χ0) is 10.8. The van der Waals surface area contributed by atoms with E-state index < -0.39 is 13.0 Å². The lowest BCUT2D eigenvalue weighted by atomic mass is 10.1. The van der Waals surface area contributed by atoms with Crippen LogP contribution < -0.4 is 4.74 Å². The van der Waals surface area contributed by atoms with E-state index in [9.17, 15) is 13.2 Å². The lowest BCUT2D eigenvalue weighted by Gasteiger charge is -2.12. The highest BCUT2D eigenvalue weighted by atomic mass is 19.4. The molecule has 0 unspecified atom stereocenters. The largest absolute Gasteiger partial charge is 0.573 e. The number of aryl methyl sites for hydroxylation is 1. The predicted octanol–water partition coefficient (Wildman–Crippen LogP) is 2.39. The molecule has 0 spiro atoms. The smallest absolute Gasteiger partial charge is 0.405 e. The molecule has 2 nitrogen and oxygen atoms in total. The van der Waals surface area contributed by atoms with Crippen molar-refractivity contribution >= 4 is 0 Å². The Labute approximate surface area is 78.9 Å². The van der Waals surface area contributed by atoms with E-state index in [4.69, 9.17) is 5.11 Å². The number of alkyl halides is 3. The van der Waals surface area contributed by atoms with E-state index in [-0.39, 0.29) is 11.3 Å². The van der Waals surface area contributed by atoms with Gasteiger partial charge in [0.2, 0.25) is 0 Å². The summed E-state index contributed by atoms with van der Waals surface area (Å²) in [5, 5.41) is 8.76. The molecule has 0 amide bonds. The molecule has 1 rings (SSSR count). The molecule has 14 heavy (non-hydrogen) atoms. The lowest BCUT2D eigenvalue weighted by molar-refractivity contribution is -0.275. The zero-order valence-corrected chi connectivity index (χ0v) is 7.43.